The van der Waals surface area contributed by atoms with Crippen molar-refractivity contribution in [3.8, 4) is 17.0 Å². The summed E-state index contributed by atoms with van der Waals surface area (Å²) in [6.45, 7) is 4.15. The lowest BCUT2D eigenvalue weighted by atomic mass is 10.0. The molecule has 1 aromatic heterocycles. The maximum absolute atomic E-state index is 11.8. The first-order valence-electron chi connectivity index (χ1n) is 7.64. The molecule has 0 fully saturated rings. The molecule has 3 rings (SSSR count). The number of rotatable bonds is 4. The van der Waals surface area contributed by atoms with Crippen molar-refractivity contribution in [3.63, 3.8) is 0 Å². The lowest BCUT2D eigenvalue weighted by Gasteiger charge is -2.11. The minimum Gasteiger partial charge on any atom is -0.488 e. The van der Waals surface area contributed by atoms with Gasteiger partial charge in [-0.05, 0) is 37.6 Å². The molecule has 1 unspecified atom stereocenters. The fourth-order valence-electron chi connectivity index (χ4n) is 2.52. The van der Waals surface area contributed by atoms with Crippen LogP contribution >= 0.6 is 0 Å². The van der Waals surface area contributed by atoms with Crippen molar-refractivity contribution in [3.05, 3.63) is 54.0 Å². The Labute approximate surface area is 135 Å². The Hall–Kier alpha value is -2.69. The van der Waals surface area contributed by atoms with Crippen LogP contribution in [0.5, 0.6) is 5.75 Å². The SMILES string of the molecule is C/C=C(\C)C(=O)NCC1Cc2cc(-c3cnccn3)ccc2O1. The van der Waals surface area contributed by atoms with Crippen molar-refractivity contribution < 1.29 is 9.53 Å². The van der Waals surface area contributed by atoms with Crippen molar-refractivity contribution in [1.82, 2.24) is 15.3 Å². The van der Waals surface area contributed by atoms with E-state index < -0.39 is 0 Å². The molecule has 118 valence electrons. The summed E-state index contributed by atoms with van der Waals surface area (Å²) in [4.78, 5) is 20.2. The van der Waals surface area contributed by atoms with Crippen LogP contribution in [0.15, 0.2) is 48.4 Å². The third-order valence-electron chi connectivity index (χ3n) is 3.94. The molecule has 2 aromatic rings. The number of nitrogens with one attached hydrogen (secondary N) is 1. The van der Waals surface area contributed by atoms with Gasteiger partial charge in [0.05, 0.1) is 18.4 Å². The predicted molar refractivity (Wildman–Crippen MR) is 88.0 cm³/mol. The number of amides is 1. The minimum atomic E-state index is -0.0488. The molecule has 1 aliphatic rings. The van der Waals surface area contributed by atoms with Gasteiger partial charge >= 0.3 is 0 Å². The van der Waals surface area contributed by atoms with E-state index in [0.29, 0.717) is 12.1 Å². The minimum absolute atomic E-state index is 0.0317. The second-order valence-electron chi connectivity index (χ2n) is 5.54. The van der Waals surface area contributed by atoms with Gasteiger partial charge in [0.15, 0.2) is 0 Å². The highest BCUT2D eigenvalue weighted by molar-refractivity contribution is 5.92. The van der Waals surface area contributed by atoms with E-state index in [9.17, 15) is 4.79 Å². The number of hydrogen-bond donors (Lipinski definition) is 1. The monoisotopic (exact) mass is 309 g/mol. The summed E-state index contributed by atoms with van der Waals surface area (Å²) in [6, 6.07) is 6.02. The molecule has 1 aromatic carbocycles. The zero-order valence-electron chi connectivity index (χ0n) is 13.2. The van der Waals surface area contributed by atoms with Gasteiger partial charge in [-0.3, -0.25) is 14.8 Å². The third-order valence-corrected chi connectivity index (χ3v) is 3.94. The van der Waals surface area contributed by atoms with Crippen LogP contribution in [0.3, 0.4) is 0 Å². The van der Waals surface area contributed by atoms with Crippen LogP contribution in [0.2, 0.25) is 0 Å². The molecule has 1 atom stereocenters. The predicted octanol–water partition coefficient (Wildman–Crippen LogP) is 2.53. The van der Waals surface area contributed by atoms with Gasteiger partial charge in [-0.25, -0.2) is 0 Å². The summed E-state index contributed by atoms with van der Waals surface area (Å²) >= 11 is 0. The van der Waals surface area contributed by atoms with Gasteiger partial charge in [-0.1, -0.05) is 6.08 Å². The molecule has 1 amide bonds. The standard InChI is InChI=1S/C18H19N3O2/c1-3-12(2)18(22)21-10-15-9-14-8-13(4-5-17(14)23-15)16-11-19-6-7-20-16/h3-8,11,15H,9-10H2,1-2H3,(H,21,22)/b12-3+. The highest BCUT2D eigenvalue weighted by Gasteiger charge is 2.23. The molecule has 0 radical (unpaired) electrons. The topological polar surface area (TPSA) is 64.1 Å². The lowest BCUT2D eigenvalue weighted by Crippen LogP contribution is -2.34. The van der Waals surface area contributed by atoms with Crippen LogP contribution in [0, 0.1) is 0 Å². The lowest BCUT2D eigenvalue weighted by molar-refractivity contribution is -0.117. The van der Waals surface area contributed by atoms with Gasteiger partial charge in [-0.15, -0.1) is 0 Å². The van der Waals surface area contributed by atoms with Gasteiger partial charge in [0.1, 0.15) is 11.9 Å². The first-order valence-corrected chi connectivity index (χ1v) is 7.64. The average molecular weight is 309 g/mol. The van der Waals surface area contributed by atoms with E-state index >= 15 is 0 Å². The summed E-state index contributed by atoms with van der Waals surface area (Å²) < 4.78 is 5.89. The van der Waals surface area contributed by atoms with Crippen molar-refractivity contribution >= 4 is 5.91 Å². The number of allylic oxidation sites excluding steroid dienone is 1. The number of ether oxygens (including phenoxy) is 1. The first-order chi connectivity index (χ1) is 11.2. The normalized spacial score (nSPS) is 16.6. The Morgan fingerprint density at radius 3 is 3.04 bits per heavy atom. The van der Waals surface area contributed by atoms with E-state index in [0.717, 1.165) is 29.0 Å². The molecule has 0 aliphatic carbocycles. The van der Waals surface area contributed by atoms with Gasteiger partial charge in [0.2, 0.25) is 5.91 Å². The van der Waals surface area contributed by atoms with Gasteiger partial charge in [-0.2, -0.15) is 0 Å². The summed E-state index contributed by atoms with van der Waals surface area (Å²) in [5.74, 6) is 0.826. The number of aromatic nitrogens is 2. The van der Waals surface area contributed by atoms with E-state index in [1.807, 2.05) is 19.1 Å². The Morgan fingerprint density at radius 1 is 1.43 bits per heavy atom. The van der Waals surface area contributed by atoms with Gasteiger partial charge < -0.3 is 10.1 Å². The van der Waals surface area contributed by atoms with Crippen molar-refractivity contribution in [2.75, 3.05) is 6.54 Å². The third kappa shape index (κ3) is 3.39. The molecule has 23 heavy (non-hydrogen) atoms. The van der Waals surface area contributed by atoms with Crippen molar-refractivity contribution in [1.29, 1.82) is 0 Å². The van der Waals surface area contributed by atoms with Crippen LogP contribution in [0.1, 0.15) is 19.4 Å². The smallest absolute Gasteiger partial charge is 0.246 e. The molecule has 5 heteroatoms. The zero-order valence-corrected chi connectivity index (χ0v) is 13.2. The van der Waals surface area contributed by atoms with Crippen LogP contribution in [-0.2, 0) is 11.2 Å². The Bertz CT molecular complexity index is 741. The van der Waals surface area contributed by atoms with E-state index in [-0.39, 0.29) is 12.0 Å². The number of fused-ring (bicyclic) bond motifs is 1. The Kier molecular flexibility index (Phi) is 4.37. The molecular formula is C18H19N3O2. The van der Waals surface area contributed by atoms with E-state index in [4.69, 9.17) is 4.74 Å². The summed E-state index contributed by atoms with van der Waals surface area (Å²) in [6.07, 6.45) is 7.63. The number of carbonyl (C=O) groups is 1. The van der Waals surface area contributed by atoms with Crippen molar-refractivity contribution in [2.24, 2.45) is 0 Å². The van der Waals surface area contributed by atoms with E-state index in [1.54, 1.807) is 31.6 Å². The Balaban J connectivity index is 1.66. The van der Waals surface area contributed by atoms with Gasteiger partial charge in [0.25, 0.3) is 0 Å². The summed E-state index contributed by atoms with van der Waals surface area (Å²) in [5, 5.41) is 2.90. The fraction of sp³-hybridized carbons (Fsp3) is 0.278. The maximum atomic E-state index is 11.8. The van der Waals surface area contributed by atoms with E-state index in [2.05, 4.69) is 21.4 Å². The molecule has 0 spiro atoms. The second kappa shape index (κ2) is 6.60. The van der Waals surface area contributed by atoms with E-state index in [1.165, 1.54) is 0 Å². The largest absolute Gasteiger partial charge is 0.488 e. The molecule has 1 aliphatic heterocycles. The fourth-order valence-corrected chi connectivity index (χ4v) is 2.52. The van der Waals surface area contributed by atoms with Crippen LogP contribution in [0.4, 0.5) is 0 Å². The molecule has 2 heterocycles. The number of benzene rings is 1. The molecule has 0 saturated heterocycles. The second-order valence-corrected chi connectivity index (χ2v) is 5.54. The highest BCUT2D eigenvalue weighted by Crippen LogP contribution is 2.32. The van der Waals surface area contributed by atoms with Gasteiger partial charge in [0, 0.05) is 30.0 Å². The number of nitrogens with zero attached hydrogens (tertiary/aromatic N) is 2. The highest BCUT2D eigenvalue weighted by atomic mass is 16.5. The molecule has 0 saturated carbocycles. The Morgan fingerprint density at radius 2 is 2.30 bits per heavy atom. The van der Waals surface area contributed by atoms with Crippen LogP contribution < -0.4 is 10.1 Å². The average Bonchev–Trinajstić information content (AvgIpc) is 3.01. The molecule has 1 N–H and O–H groups in total. The molecule has 5 nitrogen and oxygen atoms in total. The summed E-state index contributed by atoms with van der Waals surface area (Å²) in [5.41, 5.74) is 3.71. The number of hydrogen-bond acceptors (Lipinski definition) is 4. The first kappa shape index (κ1) is 15.2. The quantitative estimate of drug-likeness (QED) is 0.882. The number of carbonyl (C=O) groups excluding carboxylic acids is 1. The van der Waals surface area contributed by atoms with Crippen LogP contribution in [-0.4, -0.2) is 28.5 Å². The molecule has 0 bridgehead atoms. The zero-order chi connectivity index (χ0) is 16.2. The maximum Gasteiger partial charge on any atom is 0.246 e. The summed E-state index contributed by atoms with van der Waals surface area (Å²) in [7, 11) is 0. The van der Waals surface area contributed by atoms with Crippen molar-refractivity contribution in [2.45, 2.75) is 26.4 Å². The van der Waals surface area contributed by atoms with Crippen LogP contribution in [0.25, 0.3) is 11.3 Å². The molecular weight excluding hydrogens is 290 g/mol.